The normalized spacial score (nSPS) is 12.8. The molecule has 3 nitrogen and oxygen atoms in total. The zero-order chi connectivity index (χ0) is 8.81. The highest BCUT2D eigenvalue weighted by Gasteiger charge is 1.97. The molecule has 12 heavy (non-hydrogen) atoms. The van der Waals surface area contributed by atoms with E-state index in [1.807, 2.05) is 6.07 Å². The predicted molar refractivity (Wildman–Crippen MR) is 48.5 cm³/mol. The van der Waals surface area contributed by atoms with Crippen LogP contribution in [0.3, 0.4) is 0 Å². The average molecular weight is 187 g/mol. The second-order valence-corrected chi connectivity index (χ2v) is 3.47. The number of ether oxygens (including phenoxy) is 1. The Kier molecular flexibility index (Phi) is 4.04. The molecule has 1 unspecified atom stereocenters. The summed E-state index contributed by atoms with van der Waals surface area (Å²) in [5.41, 5.74) is 0. The highest BCUT2D eigenvalue weighted by molar-refractivity contribution is 7.07. The Bertz CT molecular complexity index is 199. The second-order valence-electron chi connectivity index (χ2n) is 2.67. The second kappa shape index (κ2) is 5.11. The minimum atomic E-state index is -0.227. The lowest BCUT2D eigenvalue weighted by Gasteiger charge is -2.04. The van der Waals surface area contributed by atoms with Gasteiger partial charge < -0.3 is 9.84 Å². The van der Waals surface area contributed by atoms with E-state index in [9.17, 15) is 0 Å². The zero-order valence-corrected chi connectivity index (χ0v) is 7.88. The van der Waals surface area contributed by atoms with Crippen LogP contribution in [0.1, 0.15) is 19.8 Å². The van der Waals surface area contributed by atoms with E-state index in [0.717, 1.165) is 17.9 Å². The summed E-state index contributed by atoms with van der Waals surface area (Å²) >= 11 is 1.35. The third-order valence-electron chi connectivity index (χ3n) is 1.42. The smallest absolute Gasteiger partial charge is 0.193 e. The Hall–Kier alpha value is -0.610. The molecule has 0 saturated heterocycles. The highest BCUT2D eigenvalue weighted by atomic mass is 32.1. The Morgan fingerprint density at radius 1 is 1.75 bits per heavy atom. The van der Waals surface area contributed by atoms with Gasteiger partial charge in [-0.1, -0.05) is 0 Å². The van der Waals surface area contributed by atoms with Gasteiger partial charge in [0.2, 0.25) is 0 Å². The van der Waals surface area contributed by atoms with E-state index in [1.54, 1.807) is 13.1 Å². The maximum absolute atomic E-state index is 8.94. The summed E-state index contributed by atoms with van der Waals surface area (Å²) in [5.74, 6) is 0. The van der Waals surface area contributed by atoms with Crippen LogP contribution in [-0.4, -0.2) is 22.2 Å². The first-order chi connectivity index (χ1) is 5.79. The highest BCUT2D eigenvalue weighted by Crippen LogP contribution is 2.15. The van der Waals surface area contributed by atoms with Crippen LogP contribution in [0.25, 0.3) is 0 Å². The molecule has 0 fully saturated rings. The van der Waals surface area contributed by atoms with E-state index in [4.69, 9.17) is 9.84 Å². The van der Waals surface area contributed by atoms with Gasteiger partial charge in [0.15, 0.2) is 5.06 Å². The molecule has 1 aromatic heterocycles. The molecule has 0 saturated carbocycles. The third-order valence-corrected chi connectivity index (χ3v) is 2.09. The molecule has 0 bridgehead atoms. The largest absolute Gasteiger partial charge is 0.483 e. The topological polar surface area (TPSA) is 42.4 Å². The van der Waals surface area contributed by atoms with E-state index < -0.39 is 0 Å². The first kappa shape index (κ1) is 9.48. The Morgan fingerprint density at radius 3 is 3.17 bits per heavy atom. The van der Waals surface area contributed by atoms with Crippen molar-refractivity contribution in [2.75, 3.05) is 6.61 Å². The van der Waals surface area contributed by atoms with E-state index in [-0.39, 0.29) is 6.10 Å². The molecular weight excluding hydrogens is 174 g/mol. The molecule has 0 radical (unpaired) electrons. The molecule has 68 valence electrons. The monoisotopic (exact) mass is 187 g/mol. The van der Waals surface area contributed by atoms with Crippen LogP contribution >= 0.6 is 11.5 Å². The Labute approximate surface area is 76.2 Å². The van der Waals surface area contributed by atoms with Crippen molar-refractivity contribution in [3.05, 3.63) is 12.3 Å². The van der Waals surface area contributed by atoms with Gasteiger partial charge in [-0.25, -0.2) is 0 Å². The van der Waals surface area contributed by atoms with Crippen LogP contribution in [0.15, 0.2) is 12.3 Å². The maximum Gasteiger partial charge on any atom is 0.193 e. The molecule has 1 aromatic rings. The lowest BCUT2D eigenvalue weighted by Crippen LogP contribution is -2.03. The summed E-state index contributed by atoms with van der Waals surface area (Å²) in [5, 5.41) is 9.79. The van der Waals surface area contributed by atoms with Crippen LogP contribution in [0.2, 0.25) is 0 Å². The standard InChI is InChI=1S/C8H13NO2S/c1-7(10)3-2-6-11-8-4-5-9-12-8/h4-5,7,10H,2-3,6H2,1H3. The molecule has 0 spiro atoms. The van der Waals surface area contributed by atoms with E-state index in [2.05, 4.69) is 4.37 Å². The SMILES string of the molecule is CC(O)CCCOc1ccns1. The summed E-state index contributed by atoms with van der Waals surface area (Å²) in [6.07, 6.45) is 3.17. The minimum absolute atomic E-state index is 0.227. The van der Waals surface area contributed by atoms with Gasteiger partial charge >= 0.3 is 0 Å². The van der Waals surface area contributed by atoms with Gasteiger partial charge in [0.1, 0.15) is 0 Å². The van der Waals surface area contributed by atoms with Crippen LogP contribution in [0, 0.1) is 0 Å². The summed E-state index contributed by atoms with van der Waals surface area (Å²) in [7, 11) is 0. The Balaban J connectivity index is 2.04. The predicted octanol–water partition coefficient (Wildman–Crippen LogP) is 1.68. The summed E-state index contributed by atoms with van der Waals surface area (Å²) in [6, 6.07) is 1.84. The number of aliphatic hydroxyl groups excluding tert-OH is 1. The van der Waals surface area contributed by atoms with E-state index in [1.165, 1.54) is 11.5 Å². The number of hydrogen-bond acceptors (Lipinski definition) is 4. The molecule has 0 amide bonds. The summed E-state index contributed by atoms with van der Waals surface area (Å²) in [6.45, 7) is 2.44. The fourth-order valence-corrected chi connectivity index (χ4v) is 1.31. The number of aromatic nitrogens is 1. The third kappa shape index (κ3) is 3.69. The quantitative estimate of drug-likeness (QED) is 0.713. The molecular formula is C8H13NO2S. The molecule has 1 N–H and O–H groups in total. The fraction of sp³-hybridized carbons (Fsp3) is 0.625. The van der Waals surface area contributed by atoms with Gasteiger partial charge in [0.25, 0.3) is 0 Å². The van der Waals surface area contributed by atoms with Gasteiger partial charge in [-0.2, -0.15) is 4.37 Å². The van der Waals surface area contributed by atoms with Crippen LogP contribution in [-0.2, 0) is 0 Å². The lowest BCUT2D eigenvalue weighted by molar-refractivity contribution is 0.171. The molecule has 0 aromatic carbocycles. The minimum Gasteiger partial charge on any atom is -0.483 e. The van der Waals surface area contributed by atoms with Gasteiger partial charge in [-0.05, 0) is 19.8 Å². The molecule has 4 heteroatoms. The first-order valence-electron chi connectivity index (χ1n) is 4.00. The van der Waals surface area contributed by atoms with Crippen LogP contribution in [0.5, 0.6) is 5.06 Å². The number of nitrogens with zero attached hydrogens (tertiary/aromatic N) is 1. The van der Waals surface area contributed by atoms with Crippen LogP contribution in [0.4, 0.5) is 0 Å². The fourth-order valence-electron chi connectivity index (χ4n) is 0.830. The van der Waals surface area contributed by atoms with Gasteiger partial charge in [-0.15, -0.1) is 0 Å². The summed E-state index contributed by atoms with van der Waals surface area (Å²) < 4.78 is 9.24. The van der Waals surface area contributed by atoms with E-state index in [0.29, 0.717) is 6.61 Å². The van der Waals surface area contributed by atoms with Gasteiger partial charge in [-0.3, -0.25) is 0 Å². The molecule has 1 heterocycles. The van der Waals surface area contributed by atoms with Crippen molar-refractivity contribution < 1.29 is 9.84 Å². The molecule has 1 atom stereocenters. The van der Waals surface area contributed by atoms with Crippen LogP contribution < -0.4 is 4.74 Å². The van der Waals surface area contributed by atoms with Crippen molar-refractivity contribution in [3.8, 4) is 5.06 Å². The van der Waals surface area contributed by atoms with Crippen molar-refractivity contribution in [1.82, 2.24) is 4.37 Å². The average Bonchev–Trinajstić information content (AvgIpc) is 2.49. The summed E-state index contributed by atoms with van der Waals surface area (Å²) in [4.78, 5) is 0. The van der Waals surface area contributed by atoms with Crippen molar-refractivity contribution in [3.63, 3.8) is 0 Å². The molecule has 0 aliphatic heterocycles. The maximum atomic E-state index is 8.94. The van der Waals surface area contributed by atoms with E-state index >= 15 is 0 Å². The van der Waals surface area contributed by atoms with Gasteiger partial charge in [0, 0.05) is 23.8 Å². The van der Waals surface area contributed by atoms with Crippen molar-refractivity contribution in [2.45, 2.75) is 25.9 Å². The lowest BCUT2D eigenvalue weighted by atomic mass is 10.2. The van der Waals surface area contributed by atoms with Crippen molar-refractivity contribution in [1.29, 1.82) is 0 Å². The van der Waals surface area contributed by atoms with Gasteiger partial charge in [0.05, 0.1) is 12.7 Å². The molecule has 0 aliphatic carbocycles. The number of hydrogen-bond donors (Lipinski definition) is 1. The molecule has 1 rings (SSSR count). The Morgan fingerprint density at radius 2 is 2.58 bits per heavy atom. The molecule has 0 aliphatic rings. The first-order valence-corrected chi connectivity index (χ1v) is 4.78. The number of aliphatic hydroxyl groups is 1. The number of rotatable bonds is 5. The zero-order valence-electron chi connectivity index (χ0n) is 7.06. The van der Waals surface area contributed by atoms with Crippen molar-refractivity contribution >= 4 is 11.5 Å². The van der Waals surface area contributed by atoms with Crippen molar-refractivity contribution in [2.24, 2.45) is 0 Å².